The molecular weight excluding hydrogens is 485 g/mol. The maximum atomic E-state index is 10.5. The van der Waals surface area contributed by atoms with E-state index < -0.39 is 0 Å². The highest BCUT2D eigenvalue weighted by atomic mass is 127. The fourth-order valence-corrected chi connectivity index (χ4v) is 5.23. The molecule has 0 bridgehead atoms. The number of aryl methyl sites for hydroxylation is 1. The Labute approximate surface area is 182 Å². The van der Waals surface area contributed by atoms with E-state index in [1.807, 2.05) is 13.0 Å². The van der Waals surface area contributed by atoms with Crippen molar-refractivity contribution in [2.24, 2.45) is 0 Å². The van der Waals surface area contributed by atoms with E-state index >= 15 is 0 Å². The molecule has 0 spiro atoms. The predicted molar refractivity (Wildman–Crippen MR) is 123 cm³/mol. The van der Waals surface area contributed by atoms with Crippen molar-refractivity contribution < 1.29 is 9.53 Å². The Morgan fingerprint density at radius 2 is 2.00 bits per heavy atom. The SMILES string of the molecule is Cc1cc(CN2CCN(c3nc4ccc(I)cc4s3)CC2)ccc1OCC=O. The van der Waals surface area contributed by atoms with Gasteiger partial charge in [0.05, 0.1) is 10.2 Å². The molecule has 1 saturated heterocycles. The van der Waals surface area contributed by atoms with Crippen molar-refractivity contribution in [2.45, 2.75) is 13.5 Å². The third kappa shape index (κ3) is 4.47. The van der Waals surface area contributed by atoms with Gasteiger partial charge in [-0.3, -0.25) is 9.69 Å². The fourth-order valence-electron chi connectivity index (χ4n) is 3.47. The number of carbonyl (C=O) groups excluding carboxylic acids is 1. The molecule has 28 heavy (non-hydrogen) atoms. The summed E-state index contributed by atoms with van der Waals surface area (Å²) in [6, 6.07) is 12.6. The Morgan fingerprint density at radius 3 is 2.75 bits per heavy atom. The van der Waals surface area contributed by atoms with Crippen molar-refractivity contribution in [3.8, 4) is 5.75 Å². The van der Waals surface area contributed by atoms with Crippen LogP contribution in [0.25, 0.3) is 10.2 Å². The number of rotatable bonds is 6. The molecule has 2 heterocycles. The molecule has 2 aromatic carbocycles. The number of hydrogen-bond donors (Lipinski definition) is 0. The van der Waals surface area contributed by atoms with Gasteiger partial charge in [-0.05, 0) is 64.9 Å². The van der Waals surface area contributed by atoms with Crippen molar-refractivity contribution in [2.75, 3.05) is 37.7 Å². The highest BCUT2D eigenvalue weighted by Crippen LogP contribution is 2.30. The van der Waals surface area contributed by atoms with Crippen LogP contribution < -0.4 is 9.64 Å². The average Bonchev–Trinajstić information content (AvgIpc) is 3.11. The van der Waals surface area contributed by atoms with Crippen molar-refractivity contribution in [1.29, 1.82) is 0 Å². The van der Waals surface area contributed by atoms with E-state index in [4.69, 9.17) is 9.72 Å². The van der Waals surface area contributed by atoms with Crippen molar-refractivity contribution in [3.05, 3.63) is 51.1 Å². The maximum absolute atomic E-state index is 10.5. The third-order valence-corrected chi connectivity index (χ3v) is 6.68. The highest BCUT2D eigenvalue weighted by Gasteiger charge is 2.20. The standard InChI is InChI=1S/C21H22IN3O2S/c1-15-12-16(2-5-19(15)27-11-10-26)14-24-6-8-25(9-7-24)21-23-18-4-3-17(22)13-20(18)28-21/h2-5,10,12-13H,6-9,11,14H2,1H3. The summed E-state index contributed by atoms with van der Waals surface area (Å²) in [5.74, 6) is 0.783. The first-order valence-corrected chi connectivity index (χ1v) is 11.2. The first-order valence-electron chi connectivity index (χ1n) is 9.32. The zero-order valence-electron chi connectivity index (χ0n) is 15.7. The lowest BCUT2D eigenvalue weighted by molar-refractivity contribution is -0.109. The summed E-state index contributed by atoms with van der Waals surface area (Å²) in [5.41, 5.74) is 3.44. The van der Waals surface area contributed by atoms with E-state index in [2.05, 4.69) is 62.7 Å². The lowest BCUT2D eigenvalue weighted by Gasteiger charge is -2.34. The molecule has 0 amide bonds. The van der Waals surface area contributed by atoms with Crippen LogP contribution in [0.4, 0.5) is 5.13 Å². The number of aldehydes is 1. The summed E-state index contributed by atoms with van der Waals surface area (Å²) in [6.07, 6.45) is 0.777. The van der Waals surface area contributed by atoms with E-state index in [1.165, 1.54) is 13.8 Å². The zero-order valence-corrected chi connectivity index (χ0v) is 18.7. The van der Waals surface area contributed by atoms with Crippen LogP contribution in [0.2, 0.25) is 0 Å². The monoisotopic (exact) mass is 507 g/mol. The first-order chi connectivity index (χ1) is 13.6. The van der Waals surface area contributed by atoms with Gasteiger partial charge in [0.25, 0.3) is 0 Å². The van der Waals surface area contributed by atoms with Crippen LogP contribution in [-0.2, 0) is 11.3 Å². The van der Waals surface area contributed by atoms with Gasteiger partial charge in [-0.25, -0.2) is 4.98 Å². The van der Waals surface area contributed by atoms with Gasteiger partial charge in [0.1, 0.15) is 12.4 Å². The van der Waals surface area contributed by atoms with Gasteiger partial charge in [-0.15, -0.1) is 0 Å². The van der Waals surface area contributed by atoms with Crippen LogP contribution in [0, 0.1) is 10.5 Å². The second kappa shape index (κ2) is 8.75. The molecule has 7 heteroatoms. The molecule has 5 nitrogen and oxygen atoms in total. The number of ether oxygens (including phenoxy) is 1. The molecule has 0 N–H and O–H groups in total. The number of carbonyl (C=O) groups is 1. The molecule has 146 valence electrons. The van der Waals surface area contributed by atoms with Gasteiger partial charge >= 0.3 is 0 Å². The third-order valence-electron chi connectivity index (χ3n) is 4.93. The van der Waals surface area contributed by atoms with Crippen LogP contribution in [0.15, 0.2) is 36.4 Å². The van der Waals surface area contributed by atoms with Crippen molar-refractivity contribution in [1.82, 2.24) is 9.88 Å². The molecule has 4 rings (SSSR count). The summed E-state index contributed by atoms with van der Waals surface area (Å²) >= 11 is 4.14. The summed E-state index contributed by atoms with van der Waals surface area (Å²) < 4.78 is 7.95. The molecule has 1 aromatic heterocycles. The van der Waals surface area contributed by atoms with Crippen LogP contribution in [0.5, 0.6) is 5.75 Å². The number of piperazine rings is 1. The van der Waals surface area contributed by atoms with Crippen molar-refractivity contribution >= 4 is 55.6 Å². The Bertz CT molecular complexity index is 983. The predicted octanol–water partition coefficient (Wildman–Crippen LogP) is 4.11. The topological polar surface area (TPSA) is 45.7 Å². The van der Waals surface area contributed by atoms with Gasteiger partial charge in [0.2, 0.25) is 0 Å². The number of hydrogen-bond acceptors (Lipinski definition) is 6. The maximum Gasteiger partial charge on any atom is 0.186 e. The number of thiazole rings is 1. The number of benzene rings is 2. The molecule has 1 fully saturated rings. The number of aromatic nitrogens is 1. The lowest BCUT2D eigenvalue weighted by Crippen LogP contribution is -2.45. The normalized spacial score (nSPS) is 15.1. The average molecular weight is 507 g/mol. The summed E-state index contributed by atoms with van der Waals surface area (Å²) in [5, 5.41) is 1.13. The molecular formula is C21H22IN3O2S. The fraction of sp³-hybridized carbons (Fsp3) is 0.333. The minimum atomic E-state index is 0.104. The Balaban J connectivity index is 1.36. The minimum Gasteiger partial charge on any atom is -0.486 e. The number of fused-ring (bicyclic) bond motifs is 1. The van der Waals surface area contributed by atoms with E-state index in [1.54, 1.807) is 11.3 Å². The molecule has 0 atom stereocenters. The summed E-state index contributed by atoms with van der Waals surface area (Å²) in [7, 11) is 0. The van der Waals surface area contributed by atoms with E-state index in [0.29, 0.717) is 0 Å². The Hall–Kier alpha value is -1.71. The van der Waals surface area contributed by atoms with Gasteiger partial charge in [-0.2, -0.15) is 0 Å². The number of halogens is 1. The van der Waals surface area contributed by atoms with Crippen molar-refractivity contribution in [3.63, 3.8) is 0 Å². The Morgan fingerprint density at radius 1 is 1.18 bits per heavy atom. The minimum absolute atomic E-state index is 0.104. The quantitative estimate of drug-likeness (QED) is 0.371. The molecule has 0 saturated carbocycles. The number of anilines is 1. The molecule has 0 aliphatic carbocycles. The largest absolute Gasteiger partial charge is 0.486 e. The zero-order chi connectivity index (χ0) is 19.5. The smallest absolute Gasteiger partial charge is 0.186 e. The molecule has 1 aliphatic rings. The van der Waals surface area contributed by atoms with E-state index in [-0.39, 0.29) is 6.61 Å². The second-order valence-electron chi connectivity index (χ2n) is 6.95. The summed E-state index contributed by atoms with van der Waals surface area (Å²) in [6.45, 7) is 7.10. The molecule has 0 radical (unpaired) electrons. The van der Waals surface area contributed by atoms with E-state index in [0.717, 1.165) is 61.0 Å². The van der Waals surface area contributed by atoms with Crippen LogP contribution in [0.3, 0.4) is 0 Å². The van der Waals surface area contributed by atoms with E-state index in [9.17, 15) is 4.79 Å². The Kier molecular flexibility index (Phi) is 6.13. The number of nitrogens with zero attached hydrogens (tertiary/aromatic N) is 3. The van der Waals surface area contributed by atoms with Gasteiger partial charge in [-0.1, -0.05) is 23.5 Å². The first kappa shape index (κ1) is 19.6. The second-order valence-corrected chi connectivity index (χ2v) is 9.20. The van der Waals surface area contributed by atoms with Crippen LogP contribution >= 0.6 is 33.9 Å². The van der Waals surface area contributed by atoms with Crippen LogP contribution in [-0.4, -0.2) is 49.0 Å². The highest BCUT2D eigenvalue weighted by molar-refractivity contribution is 14.1. The van der Waals surface area contributed by atoms with Gasteiger partial charge in [0.15, 0.2) is 11.4 Å². The van der Waals surface area contributed by atoms with Gasteiger partial charge < -0.3 is 9.64 Å². The molecule has 1 aliphatic heterocycles. The summed E-state index contributed by atoms with van der Waals surface area (Å²) in [4.78, 5) is 20.2. The molecule has 3 aromatic rings. The van der Waals surface area contributed by atoms with Gasteiger partial charge in [0, 0.05) is 36.3 Å². The van der Waals surface area contributed by atoms with Crippen LogP contribution in [0.1, 0.15) is 11.1 Å². The lowest BCUT2D eigenvalue weighted by atomic mass is 10.1. The molecule has 0 unspecified atom stereocenters.